The minimum absolute atomic E-state index is 0.120. The van der Waals surface area contributed by atoms with Gasteiger partial charge in [-0.1, -0.05) is 35.9 Å². The molecule has 0 spiro atoms. The number of hydrogen-bond donors (Lipinski definition) is 0. The molecule has 9 heteroatoms. The monoisotopic (exact) mass is 492 g/mol. The van der Waals surface area contributed by atoms with Gasteiger partial charge in [-0.3, -0.25) is 14.8 Å². The van der Waals surface area contributed by atoms with Gasteiger partial charge < -0.3 is 4.90 Å². The van der Waals surface area contributed by atoms with Gasteiger partial charge in [-0.25, -0.2) is 8.42 Å². The number of aromatic nitrogens is 2. The molecule has 1 aliphatic heterocycles. The summed E-state index contributed by atoms with van der Waals surface area (Å²) in [4.78, 5) is 23.2. The number of amides is 1. The smallest absolute Gasteiger partial charge is 0.253 e. The summed E-state index contributed by atoms with van der Waals surface area (Å²) in [7, 11) is -3.66. The predicted molar refractivity (Wildman–Crippen MR) is 131 cm³/mol. The Balaban J connectivity index is 1.27. The lowest BCUT2D eigenvalue weighted by Gasteiger charge is -2.34. The van der Waals surface area contributed by atoms with E-state index in [4.69, 9.17) is 11.6 Å². The van der Waals surface area contributed by atoms with Crippen molar-refractivity contribution in [2.75, 3.05) is 26.2 Å². The quantitative estimate of drug-likeness (QED) is 0.428. The maximum atomic E-state index is 13.2. The van der Waals surface area contributed by atoms with Gasteiger partial charge in [0.05, 0.1) is 16.8 Å². The number of hydrogen-bond acceptors (Lipinski definition) is 5. The van der Waals surface area contributed by atoms with Crippen LogP contribution in [0.1, 0.15) is 10.4 Å². The summed E-state index contributed by atoms with van der Waals surface area (Å²) in [6.07, 6.45) is 4.90. The zero-order chi connectivity index (χ0) is 23.7. The molecule has 0 N–H and O–H groups in total. The molecule has 0 bridgehead atoms. The number of carbonyl (C=O) groups is 1. The second kappa shape index (κ2) is 9.13. The van der Waals surface area contributed by atoms with E-state index in [1.807, 2.05) is 18.2 Å². The first-order valence-corrected chi connectivity index (χ1v) is 12.6. The summed E-state index contributed by atoms with van der Waals surface area (Å²) in [5.41, 5.74) is 2.16. The average Bonchev–Trinajstić information content (AvgIpc) is 2.88. The van der Waals surface area contributed by atoms with Crippen LogP contribution in [0.25, 0.3) is 22.0 Å². The van der Waals surface area contributed by atoms with E-state index in [0.717, 1.165) is 22.0 Å². The molecule has 1 saturated heterocycles. The van der Waals surface area contributed by atoms with Crippen LogP contribution in [-0.4, -0.2) is 59.7 Å². The van der Waals surface area contributed by atoms with E-state index in [2.05, 4.69) is 9.97 Å². The summed E-state index contributed by atoms with van der Waals surface area (Å²) in [5.74, 6) is -0.120. The van der Waals surface area contributed by atoms with Crippen molar-refractivity contribution in [1.29, 1.82) is 0 Å². The number of benzene rings is 3. The molecule has 7 nitrogen and oxygen atoms in total. The highest BCUT2D eigenvalue weighted by atomic mass is 35.5. The second-order valence-electron chi connectivity index (χ2n) is 8.02. The molecular weight excluding hydrogens is 472 g/mol. The van der Waals surface area contributed by atoms with E-state index in [0.29, 0.717) is 23.7 Å². The Kier molecular flexibility index (Phi) is 6.03. The largest absolute Gasteiger partial charge is 0.336 e. The number of fused-ring (bicyclic) bond motifs is 1. The molecule has 1 amide bonds. The Hall–Kier alpha value is -3.33. The van der Waals surface area contributed by atoms with Gasteiger partial charge >= 0.3 is 0 Å². The zero-order valence-corrected chi connectivity index (χ0v) is 19.7. The lowest BCUT2D eigenvalue weighted by Crippen LogP contribution is -2.50. The van der Waals surface area contributed by atoms with Crippen LogP contribution >= 0.6 is 11.6 Å². The van der Waals surface area contributed by atoms with Crippen molar-refractivity contribution in [3.05, 3.63) is 89.8 Å². The highest BCUT2D eigenvalue weighted by molar-refractivity contribution is 7.89. The predicted octanol–water partition coefficient (Wildman–Crippen LogP) is 4.10. The standard InChI is InChI=1S/C25H21ClN4O3S/c26-22-7-5-21-16-23(8-6-20(21)15-22)34(32,33)30-13-11-29(12-14-30)25(31)19-3-1-18(2-4-19)24-17-27-9-10-28-24/h1-10,15-17H,11-14H2. The molecule has 1 fully saturated rings. The fourth-order valence-corrected chi connectivity index (χ4v) is 5.69. The van der Waals surface area contributed by atoms with Crippen LogP contribution in [-0.2, 0) is 10.0 Å². The van der Waals surface area contributed by atoms with Crippen LogP contribution < -0.4 is 0 Å². The molecule has 2 heterocycles. The Bertz CT molecular complexity index is 1450. The SMILES string of the molecule is O=C(c1ccc(-c2cnccn2)cc1)N1CCN(S(=O)(=O)c2ccc3cc(Cl)ccc3c2)CC1. The first-order valence-electron chi connectivity index (χ1n) is 10.8. The summed E-state index contributed by atoms with van der Waals surface area (Å²) >= 11 is 6.03. The zero-order valence-electron chi connectivity index (χ0n) is 18.1. The van der Waals surface area contributed by atoms with Gasteiger partial charge in [0.2, 0.25) is 10.0 Å². The maximum absolute atomic E-state index is 13.2. The lowest BCUT2D eigenvalue weighted by atomic mass is 10.1. The number of nitrogens with zero attached hydrogens (tertiary/aromatic N) is 4. The molecule has 0 unspecified atom stereocenters. The van der Waals surface area contributed by atoms with Crippen molar-refractivity contribution in [1.82, 2.24) is 19.2 Å². The van der Waals surface area contributed by atoms with Crippen molar-refractivity contribution in [2.45, 2.75) is 4.90 Å². The molecule has 1 aromatic heterocycles. The van der Waals surface area contributed by atoms with Crippen molar-refractivity contribution >= 4 is 38.3 Å². The number of halogens is 1. The number of sulfonamides is 1. The average molecular weight is 493 g/mol. The summed E-state index contributed by atoms with van der Waals surface area (Å²) < 4.78 is 27.8. The van der Waals surface area contributed by atoms with Crippen molar-refractivity contribution in [3.63, 3.8) is 0 Å². The van der Waals surface area contributed by atoms with Gasteiger partial charge in [-0.05, 0) is 47.2 Å². The second-order valence-corrected chi connectivity index (χ2v) is 10.4. The molecular formula is C25H21ClN4O3S. The highest BCUT2D eigenvalue weighted by Crippen LogP contribution is 2.25. The van der Waals surface area contributed by atoms with Gasteiger partial charge in [-0.2, -0.15) is 4.31 Å². The van der Waals surface area contributed by atoms with Gasteiger partial charge in [0.1, 0.15) is 0 Å². The van der Waals surface area contributed by atoms with E-state index < -0.39 is 10.0 Å². The molecule has 34 heavy (non-hydrogen) atoms. The van der Waals surface area contributed by atoms with Crippen molar-refractivity contribution in [3.8, 4) is 11.3 Å². The van der Waals surface area contributed by atoms with Gasteiger partial charge in [0, 0.05) is 54.7 Å². The van der Waals surface area contributed by atoms with Crippen LogP contribution in [0.5, 0.6) is 0 Å². The Morgan fingerprint density at radius 1 is 0.853 bits per heavy atom. The minimum Gasteiger partial charge on any atom is -0.336 e. The van der Waals surface area contributed by atoms with Gasteiger partial charge in [0.25, 0.3) is 5.91 Å². The fraction of sp³-hybridized carbons (Fsp3) is 0.160. The van der Waals surface area contributed by atoms with Crippen LogP contribution in [0.15, 0.2) is 84.1 Å². The molecule has 0 aliphatic carbocycles. The number of carbonyl (C=O) groups excluding carboxylic acids is 1. The van der Waals surface area contributed by atoms with Crippen LogP contribution in [0.4, 0.5) is 0 Å². The Labute approximate surface area is 202 Å². The fourth-order valence-electron chi connectivity index (χ4n) is 4.05. The molecule has 1 aliphatic rings. The van der Waals surface area contributed by atoms with E-state index in [1.165, 1.54) is 4.31 Å². The molecule has 0 saturated carbocycles. The van der Waals surface area contributed by atoms with E-state index in [1.54, 1.807) is 66.0 Å². The van der Waals surface area contributed by atoms with Crippen molar-refractivity contribution in [2.24, 2.45) is 0 Å². The molecule has 4 aromatic rings. The molecule has 3 aromatic carbocycles. The van der Waals surface area contributed by atoms with E-state index >= 15 is 0 Å². The van der Waals surface area contributed by atoms with Gasteiger partial charge in [0.15, 0.2) is 0 Å². The highest BCUT2D eigenvalue weighted by Gasteiger charge is 2.30. The van der Waals surface area contributed by atoms with Crippen LogP contribution in [0.3, 0.4) is 0 Å². The van der Waals surface area contributed by atoms with Crippen molar-refractivity contribution < 1.29 is 13.2 Å². The first-order chi connectivity index (χ1) is 16.4. The van der Waals surface area contributed by atoms with E-state index in [9.17, 15) is 13.2 Å². The maximum Gasteiger partial charge on any atom is 0.253 e. The number of rotatable bonds is 4. The normalized spacial score (nSPS) is 14.9. The molecule has 0 atom stereocenters. The molecule has 5 rings (SSSR count). The number of piperazine rings is 1. The first kappa shape index (κ1) is 22.5. The molecule has 0 radical (unpaired) electrons. The molecule has 172 valence electrons. The Morgan fingerprint density at radius 3 is 2.26 bits per heavy atom. The summed E-state index contributed by atoms with van der Waals surface area (Å²) in [6.45, 7) is 1.13. The summed E-state index contributed by atoms with van der Waals surface area (Å²) in [5, 5.41) is 2.30. The third-order valence-electron chi connectivity index (χ3n) is 5.93. The Morgan fingerprint density at radius 2 is 1.56 bits per heavy atom. The van der Waals surface area contributed by atoms with Crippen LogP contribution in [0, 0.1) is 0 Å². The third kappa shape index (κ3) is 4.40. The topological polar surface area (TPSA) is 83.5 Å². The van der Waals surface area contributed by atoms with Crippen LogP contribution in [0.2, 0.25) is 5.02 Å². The summed E-state index contributed by atoms with van der Waals surface area (Å²) in [6, 6.07) is 17.6. The van der Waals surface area contributed by atoms with Gasteiger partial charge in [-0.15, -0.1) is 0 Å². The minimum atomic E-state index is -3.66. The third-order valence-corrected chi connectivity index (χ3v) is 8.06. The van der Waals surface area contributed by atoms with E-state index in [-0.39, 0.29) is 23.9 Å². The lowest BCUT2D eigenvalue weighted by molar-refractivity contribution is 0.0698.